The summed E-state index contributed by atoms with van der Waals surface area (Å²) in [6.07, 6.45) is 1.89. The standard InChI is InChI=1S/C4H6BrCl/c1-4(5)2-3-6/h2H,3H2,1H3/b4-2-. The Bertz CT molecular complexity index is 54.6. The van der Waals surface area contributed by atoms with Crippen LogP contribution < -0.4 is 0 Å². The molecule has 0 rings (SSSR count). The molecule has 0 aromatic rings. The maximum absolute atomic E-state index is 5.29. The Morgan fingerprint density at radius 1 is 2.00 bits per heavy atom. The topological polar surface area (TPSA) is 0 Å². The molecular weight excluding hydrogens is 163 g/mol. The molecule has 6 heavy (non-hydrogen) atoms. The van der Waals surface area contributed by atoms with Crippen molar-refractivity contribution >= 4 is 27.5 Å². The van der Waals surface area contributed by atoms with Crippen molar-refractivity contribution in [2.75, 3.05) is 5.88 Å². The van der Waals surface area contributed by atoms with Crippen LogP contribution in [0.15, 0.2) is 10.6 Å². The average Bonchev–Trinajstić information content (AvgIpc) is 1.35. The van der Waals surface area contributed by atoms with Crippen molar-refractivity contribution in [1.82, 2.24) is 0 Å². The molecule has 0 aliphatic carbocycles. The number of halogens is 2. The molecule has 0 atom stereocenters. The molecule has 36 valence electrons. The van der Waals surface area contributed by atoms with Crippen LogP contribution >= 0.6 is 27.5 Å². The Morgan fingerprint density at radius 2 is 2.50 bits per heavy atom. The van der Waals surface area contributed by atoms with E-state index in [0.29, 0.717) is 5.88 Å². The third-order valence-electron chi connectivity index (χ3n) is 0.358. The Labute approximate surface area is 51.3 Å². The number of allylic oxidation sites excluding steroid dienone is 2. The summed E-state index contributed by atoms with van der Waals surface area (Å²) >= 11 is 8.50. The van der Waals surface area contributed by atoms with E-state index >= 15 is 0 Å². The predicted molar refractivity (Wildman–Crippen MR) is 33.4 cm³/mol. The molecule has 0 nitrogen and oxygen atoms in total. The quantitative estimate of drug-likeness (QED) is 0.529. The van der Waals surface area contributed by atoms with Crippen LogP contribution in [0.25, 0.3) is 0 Å². The minimum atomic E-state index is 0.594. The first kappa shape index (κ1) is 6.51. The smallest absolute Gasteiger partial charge is 0.0414 e. The van der Waals surface area contributed by atoms with Gasteiger partial charge < -0.3 is 0 Å². The van der Waals surface area contributed by atoms with Gasteiger partial charge in [0.15, 0.2) is 0 Å². The lowest BCUT2D eigenvalue weighted by molar-refractivity contribution is 1.62. The van der Waals surface area contributed by atoms with E-state index in [1.807, 2.05) is 13.0 Å². The second-order valence-electron chi connectivity index (χ2n) is 0.945. The number of hydrogen-bond acceptors (Lipinski definition) is 0. The lowest BCUT2D eigenvalue weighted by atomic mass is 10.6. The van der Waals surface area contributed by atoms with Gasteiger partial charge in [-0.25, -0.2) is 0 Å². The van der Waals surface area contributed by atoms with Crippen LogP contribution in [0.4, 0.5) is 0 Å². The average molecular weight is 169 g/mol. The second-order valence-corrected chi connectivity index (χ2v) is 2.50. The minimum absolute atomic E-state index is 0.594. The van der Waals surface area contributed by atoms with Gasteiger partial charge in [-0.15, -0.1) is 11.6 Å². The first-order chi connectivity index (χ1) is 2.77. The molecule has 0 saturated heterocycles. The highest BCUT2D eigenvalue weighted by molar-refractivity contribution is 9.11. The van der Waals surface area contributed by atoms with Crippen molar-refractivity contribution < 1.29 is 0 Å². The van der Waals surface area contributed by atoms with Crippen molar-refractivity contribution in [3.63, 3.8) is 0 Å². The molecule has 0 N–H and O–H groups in total. The zero-order chi connectivity index (χ0) is 4.99. The molecule has 2 heteroatoms. The van der Waals surface area contributed by atoms with Crippen molar-refractivity contribution in [2.24, 2.45) is 0 Å². The Balaban J connectivity index is 3.14. The molecule has 0 aliphatic heterocycles. The van der Waals surface area contributed by atoms with Gasteiger partial charge in [-0.1, -0.05) is 22.0 Å². The predicted octanol–water partition coefficient (Wildman–Crippen LogP) is 2.52. The third kappa shape index (κ3) is 4.51. The van der Waals surface area contributed by atoms with Gasteiger partial charge in [0.05, 0.1) is 0 Å². The number of hydrogen-bond donors (Lipinski definition) is 0. The van der Waals surface area contributed by atoms with Crippen LogP contribution in [0.3, 0.4) is 0 Å². The molecule has 0 radical (unpaired) electrons. The van der Waals surface area contributed by atoms with Crippen LogP contribution in [0.1, 0.15) is 6.92 Å². The maximum Gasteiger partial charge on any atom is 0.0414 e. The van der Waals surface area contributed by atoms with Gasteiger partial charge in [0.1, 0.15) is 0 Å². The van der Waals surface area contributed by atoms with Gasteiger partial charge >= 0.3 is 0 Å². The van der Waals surface area contributed by atoms with Crippen molar-refractivity contribution in [3.8, 4) is 0 Å². The highest BCUT2D eigenvalue weighted by Crippen LogP contribution is 2.00. The molecule has 0 heterocycles. The summed E-state index contributed by atoms with van der Waals surface area (Å²) in [5.74, 6) is 0.594. The van der Waals surface area contributed by atoms with E-state index in [9.17, 15) is 0 Å². The maximum atomic E-state index is 5.29. The summed E-state index contributed by atoms with van der Waals surface area (Å²) in [7, 11) is 0. The lowest BCUT2D eigenvalue weighted by Crippen LogP contribution is -1.58. The molecule has 0 amide bonds. The van der Waals surface area contributed by atoms with E-state index in [-0.39, 0.29) is 0 Å². The van der Waals surface area contributed by atoms with E-state index in [1.54, 1.807) is 0 Å². The van der Waals surface area contributed by atoms with Gasteiger partial charge in [-0.05, 0) is 11.4 Å². The molecule has 0 aromatic heterocycles. The highest BCUT2D eigenvalue weighted by Gasteiger charge is 1.71. The summed E-state index contributed by atoms with van der Waals surface area (Å²) in [4.78, 5) is 0. The van der Waals surface area contributed by atoms with Gasteiger partial charge in [0.2, 0.25) is 0 Å². The monoisotopic (exact) mass is 168 g/mol. The molecule has 0 aromatic carbocycles. The van der Waals surface area contributed by atoms with Crippen molar-refractivity contribution in [1.29, 1.82) is 0 Å². The Morgan fingerprint density at radius 3 is 2.50 bits per heavy atom. The lowest BCUT2D eigenvalue weighted by Gasteiger charge is -1.76. The summed E-state index contributed by atoms with van der Waals surface area (Å²) in [6, 6.07) is 0. The molecule has 0 fully saturated rings. The van der Waals surface area contributed by atoms with E-state index in [2.05, 4.69) is 15.9 Å². The third-order valence-corrected chi connectivity index (χ3v) is 0.836. The fraction of sp³-hybridized carbons (Fsp3) is 0.500. The molecule has 0 saturated carbocycles. The first-order valence-corrected chi connectivity index (χ1v) is 2.98. The van der Waals surface area contributed by atoms with E-state index < -0.39 is 0 Å². The summed E-state index contributed by atoms with van der Waals surface area (Å²) < 4.78 is 1.09. The summed E-state index contributed by atoms with van der Waals surface area (Å²) in [5, 5.41) is 0. The highest BCUT2D eigenvalue weighted by atomic mass is 79.9. The van der Waals surface area contributed by atoms with E-state index in [1.165, 1.54) is 0 Å². The number of rotatable bonds is 1. The van der Waals surface area contributed by atoms with Gasteiger partial charge in [-0.2, -0.15) is 0 Å². The van der Waals surface area contributed by atoms with E-state index in [4.69, 9.17) is 11.6 Å². The van der Waals surface area contributed by atoms with Gasteiger partial charge in [-0.3, -0.25) is 0 Å². The number of alkyl halides is 1. The van der Waals surface area contributed by atoms with Crippen molar-refractivity contribution in [3.05, 3.63) is 10.6 Å². The van der Waals surface area contributed by atoms with Crippen LogP contribution in [-0.4, -0.2) is 5.88 Å². The zero-order valence-corrected chi connectivity index (χ0v) is 5.88. The molecule has 0 bridgehead atoms. The SMILES string of the molecule is C/C(Br)=C/CCl. The van der Waals surface area contributed by atoms with Crippen LogP contribution in [0.2, 0.25) is 0 Å². The molecule has 0 aliphatic rings. The van der Waals surface area contributed by atoms with Crippen LogP contribution in [-0.2, 0) is 0 Å². The van der Waals surface area contributed by atoms with Crippen molar-refractivity contribution in [2.45, 2.75) is 6.92 Å². The van der Waals surface area contributed by atoms with Crippen LogP contribution in [0, 0.1) is 0 Å². The minimum Gasteiger partial charge on any atom is -0.122 e. The molecule has 0 spiro atoms. The normalized spacial score (nSPS) is 12.2. The van der Waals surface area contributed by atoms with Crippen LogP contribution in [0.5, 0.6) is 0 Å². The summed E-state index contributed by atoms with van der Waals surface area (Å²) in [6.45, 7) is 1.95. The fourth-order valence-electron chi connectivity index (χ4n) is 0.106. The Hall–Kier alpha value is 0.510. The van der Waals surface area contributed by atoms with Gasteiger partial charge in [0, 0.05) is 5.88 Å². The zero-order valence-electron chi connectivity index (χ0n) is 3.54. The Kier molecular flexibility index (Phi) is 4.01. The largest absolute Gasteiger partial charge is 0.122 e. The van der Waals surface area contributed by atoms with Gasteiger partial charge in [0.25, 0.3) is 0 Å². The molecule has 0 unspecified atom stereocenters. The molecular formula is C4H6BrCl. The van der Waals surface area contributed by atoms with E-state index in [0.717, 1.165) is 4.48 Å². The summed E-state index contributed by atoms with van der Waals surface area (Å²) in [5.41, 5.74) is 0. The fourth-order valence-corrected chi connectivity index (χ4v) is 0.686. The first-order valence-electron chi connectivity index (χ1n) is 1.65. The second kappa shape index (κ2) is 3.69.